The Morgan fingerprint density at radius 3 is 2.21 bits per heavy atom. The molecule has 0 bridgehead atoms. The molecule has 0 radical (unpaired) electrons. The first-order valence-corrected chi connectivity index (χ1v) is 10.7. The molecule has 1 fully saturated rings. The van der Waals surface area contributed by atoms with E-state index >= 15 is 0 Å². The molecule has 3 aromatic rings. The quantitative estimate of drug-likeness (QED) is 0.539. The van der Waals surface area contributed by atoms with Crippen LogP contribution in [0.15, 0.2) is 60.8 Å². The Labute approximate surface area is 195 Å². The molecule has 0 saturated carbocycles. The van der Waals surface area contributed by atoms with E-state index in [1.807, 2.05) is 17.0 Å². The summed E-state index contributed by atoms with van der Waals surface area (Å²) in [7, 11) is 0. The number of hydrogen-bond acceptors (Lipinski definition) is 6. The number of rotatable bonds is 6. The molecular formula is C25H23FN4O4. The van der Waals surface area contributed by atoms with Crippen molar-refractivity contribution in [3.8, 4) is 0 Å². The summed E-state index contributed by atoms with van der Waals surface area (Å²) in [6.45, 7) is 3.90. The molecule has 0 spiro atoms. The van der Waals surface area contributed by atoms with Gasteiger partial charge in [0.1, 0.15) is 17.2 Å². The highest BCUT2D eigenvalue weighted by Gasteiger charge is 2.24. The van der Waals surface area contributed by atoms with Crippen molar-refractivity contribution in [1.29, 1.82) is 0 Å². The number of ketones is 1. The number of nitrogens with zero attached hydrogens (tertiary/aromatic N) is 3. The number of anilines is 3. The molecule has 34 heavy (non-hydrogen) atoms. The fraction of sp³-hybridized carbons (Fsp3) is 0.200. The van der Waals surface area contributed by atoms with Crippen LogP contribution in [0.1, 0.15) is 38.0 Å². The first-order valence-electron chi connectivity index (χ1n) is 10.7. The lowest BCUT2D eigenvalue weighted by atomic mass is 10.1. The fourth-order valence-corrected chi connectivity index (χ4v) is 3.86. The van der Waals surface area contributed by atoms with E-state index in [4.69, 9.17) is 0 Å². The third-order valence-corrected chi connectivity index (χ3v) is 5.69. The van der Waals surface area contributed by atoms with E-state index in [9.17, 15) is 23.9 Å². The Balaban J connectivity index is 1.47. The van der Waals surface area contributed by atoms with E-state index < -0.39 is 17.7 Å². The van der Waals surface area contributed by atoms with Crippen LogP contribution in [0.5, 0.6) is 0 Å². The van der Waals surface area contributed by atoms with Gasteiger partial charge >= 0.3 is 5.97 Å². The number of halogens is 1. The minimum Gasteiger partial charge on any atom is -0.478 e. The zero-order valence-electron chi connectivity index (χ0n) is 18.5. The van der Waals surface area contributed by atoms with Crippen molar-refractivity contribution < 1.29 is 23.9 Å². The van der Waals surface area contributed by atoms with Crippen LogP contribution in [0.3, 0.4) is 0 Å². The number of aromatic nitrogens is 1. The van der Waals surface area contributed by atoms with Gasteiger partial charge in [0.15, 0.2) is 5.78 Å². The predicted octanol–water partition coefficient (Wildman–Crippen LogP) is 3.70. The van der Waals surface area contributed by atoms with Gasteiger partial charge in [-0.3, -0.25) is 9.59 Å². The SMILES string of the molecule is CC(=O)c1ccc(N2CCN(c3ncc(NC(=O)c4ccccc4F)cc3C(=O)O)CC2)cc1. The van der Waals surface area contributed by atoms with E-state index in [2.05, 4.69) is 15.2 Å². The Morgan fingerprint density at radius 1 is 0.941 bits per heavy atom. The van der Waals surface area contributed by atoms with E-state index in [1.54, 1.807) is 18.2 Å². The van der Waals surface area contributed by atoms with Crippen molar-refractivity contribution >= 4 is 34.9 Å². The van der Waals surface area contributed by atoms with Gasteiger partial charge in [-0.25, -0.2) is 14.2 Å². The summed E-state index contributed by atoms with van der Waals surface area (Å²) in [5.41, 5.74) is 1.61. The normalized spacial score (nSPS) is 13.5. The average Bonchev–Trinajstić information content (AvgIpc) is 2.84. The number of pyridine rings is 1. The Morgan fingerprint density at radius 2 is 1.59 bits per heavy atom. The number of nitrogens with one attached hydrogen (secondary N) is 1. The van der Waals surface area contributed by atoms with Crippen LogP contribution >= 0.6 is 0 Å². The predicted molar refractivity (Wildman–Crippen MR) is 126 cm³/mol. The van der Waals surface area contributed by atoms with Crippen molar-refractivity contribution in [2.75, 3.05) is 41.3 Å². The van der Waals surface area contributed by atoms with Gasteiger partial charge in [-0.2, -0.15) is 0 Å². The topological polar surface area (TPSA) is 103 Å². The number of piperazine rings is 1. The summed E-state index contributed by atoms with van der Waals surface area (Å²) in [4.78, 5) is 44.1. The van der Waals surface area contributed by atoms with Crippen LogP contribution in [0, 0.1) is 5.82 Å². The summed E-state index contributed by atoms with van der Waals surface area (Å²) < 4.78 is 13.9. The maximum Gasteiger partial charge on any atom is 0.339 e. The maximum absolute atomic E-state index is 13.9. The lowest BCUT2D eigenvalue weighted by molar-refractivity contribution is 0.0696. The van der Waals surface area contributed by atoms with Crippen molar-refractivity contribution in [3.05, 3.63) is 83.3 Å². The number of amides is 1. The van der Waals surface area contributed by atoms with Crippen LogP contribution in [0.4, 0.5) is 21.6 Å². The van der Waals surface area contributed by atoms with Crippen molar-refractivity contribution in [1.82, 2.24) is 4.98 Å². The highest BCUT2D eigenvalue weighted by Crippen LogP contribution is 2.25. The molecule has 1 aliphatic heterocycles. The second-order valence-electron chi connectivity index (χ2n) is 7.91. The van der Waals surface area contributed by atoms with E-state index in [0.29, 0.717) is 37.6 Å². The van der Waals surface area contributed by atoms with Gasteiger partial charge in [-0.05, 0) is 49.4 Å². The molecule has 1 amide bonds. The third-order valence-electron chi connectivity index (χ3n) is 5.69. The minimum atomic E-state index is -1.17. The van der Waals surface area contributed by atoms with E-state index in [-0.39, 0.29) is 22.6 Å². The Bertz CT molecular complexity index is 1240. The van der Waals surface area contributed by atoms with Gasteiger partial charge < -0.3 is 20.2 Å². The summed E-state index contributed by atoms with van der Waals surface area (Å²) in [6, 6.07) is 14.3. The fourth-order valence-electron chi connectivity index (χ4n) is 3.86. The number of carbonyl (C=O) groups excluding carboxylic acids is 2. The molecule has 1 saturated heterocycles. The zero-order chi connectivity index (χ0) is 24.2. The monoisotopic (exact) mass is 462 g/mol. The standard InChI is InChI=1S/C25H23FN4O4/c1-16(31)17-6-8-19(9-7-17)29-10-12-30(13-11-29)23-21(25(33)34)14-18(15-27-23)28-24(32)20-4-2-3-5-22(20)26/h2-9,14-15H,10-13H2,1H3,(H,28,32)(H,33,34). The molecule has 2 N–H and O–H groups in total. The molecule has 0 atom stereocenters. The van der Waals surface area contributed by atoms with Gasteiger partial charge in [-0.15, -0.1) is 0 Å². The smallest absolute Gasteiger partial charge is 0.339 e. The first-order chi connectivity index (χ1) is 16.3. The molecule has 9 heteroatoms. The van der Waals surface area contributed by atoms with Crippen molar-refractivity contribution in [2.45, 2.75) is 6.92 Å². The lowest BCUT2D eigenvalue weighted by Gasteiger charge is -2.37. The highest BCUT2D eigenvalue weighted by molar-refractivity contribution is 6.05. The molecule has 0 unspecified atom stereocenters. The van der Waals surface area contributed by atoms with Gasteiger partial charge in [0.25, 0.3) is 5.91 Å². The highest BCUT2D eigenvalue weighted by atomic mass is 19.1. The lowest BCUT2D eigenvalue weighted by Crippen LogP contribution is -2.47. The van der Waals surface area contributed by atoms with Crippen LogP contribution in [0.25, 0.3) is 0 Å². The van der Waals surface area contributed by atoms with Gasteiger partial charge in [0.2, 0.25) is 0 Å². The molecular weight excluding hydrogens is 439 g/mol. The van der Waals surface area contributed by atoms with Gasteiger partial charge in [0.05, 0.1) is 17.4 Å². The molecule has 1 aliphatic rings. The molecule has 1 aromatic heterocycles. The number of hydrogen-bond donors (Lipinski definition) is 2. The Kier molecular flexibility index (Phi) is 6.53. The minimum absolute atomic E-state index is 0.0113. The second kappa shape index (κ2) is 9.70. The van der Waals surface area contributed by atoms with E-state index in [1.165, 1.54) is 37.4 Å². The molecule has 2 aromatic carbocycles. The van der Waals surface area contributed by atoms with E-state index in [0.717, 1.165) is 5.69 Å². The molecule has 0 aliphatic carbocycles. The Hall–Kier alpha value is -4.27. The third kappa shape index (κ3) is 4.88. The summed E-state index contributed by atoms with van der Waals surface area (Å²) in [6.07, 6.45) is 1.37. The maximum atomic E-state index is 13.9. The number of carboxylic acids is 1. The first kappa shape index (κ1) is 22.9. The van der Waals surface area contributed by atoms with Crippen LogP contribution in [-0.2, 0) is 0 Å². The summed E-state index contributed by atoms with van der Waals surface area (Å²) >= 11 is 0. The van der Waals surface area contributed by atoms with Crippen molar-refractivity contribution in [2.24, 2.45) is 0 Å². The second-order valence-corrected chi connectivity index (χ2v) is 7.91. The van der Waals surface area contributed by atoms with Crippen LogP contribution in [-0.4, -0.2) is 53.9 Å². The number of benzene rings is 2. The molecule has 2 heterocycles. The van der Waals surface area contributed by atoms with Gasteiger partial charge in [-0.1, -0.05) is 12.1 Å². The molecule has 8 nitrogen and oxygen atoms in total. The van der Waals surface area contributed by atoms with Crippen molar-refractivity contribution in [3.63, 3.8) is 0 Å². The number of carbonyl (C=O) groups is 3. The average molecular weight is 462 g/mol. The van der Waals surface area contributed by atoms with Crippen LogP contribution in [0.2, 0.25) is 0 Å². The summed E-state index contributed by atoms with van der Waals surface area (Å²) in [5.74, 6) is -2.21. The molecule has 174 valence electrons. The molecule has 4 rings (SSSR count). The number of aromatic carboxylic acids is 1. The number of carboxylic acid groups (broad SMARTS) is 1. The van der Waals surface area contributed by atoms with Crippen LogP contribution < -0.4 is 15.1 Å². The largest absolute Gasteiger partial charge is 0.478 e. The number of Topliss-reactive ketones (excluding diaryl/α,β-unsaturated/α-hetero) is 1. The van der Waals surface area contributed by atoms with Gasteiger partial charge in [0, 0.05) is 37.4 Å². The zero-order valence-corrected chi connectivity index (χ0v) is 18.5. The summed E-state index contributed by atoms with van der Waals surface area (Å²) in [5, 5.41) is 12.2.